The van der Waals surface area contributed by atoms with Crippen molar-refractivity contribution < 1.29 is 23.9 Å². The summed E-state index contributed by atoms with van der Waals surface area (Å²) in [5.74, 6) is 0.676. The van der Waals surface area contributed by atoms with E-state index in [-0.39, 0.29) is 59.7 Å². The molecule has 0 radical (unpaired) electrons. The van der Waals surface area contributed by atoms with E-state index in [2.05, 4.69) is 29.2 Å². The summed E-state index contributed by atoms with van der Waals surface area (Å²) in [7, 11) is 9.08. The molecular weight excluding hydrogens is 717 g/mol. The fourth-order valence-electron chi connectivity index (χ4n) is 8.79. The van der Waals surface area contributed by atoms with Crippen molar-refractivity contribution >= 4 is 62.3 Å². The Kier molecular flexibility index (Phi) is 10.7. The van der Waals surface area contributed by atoms with Crippen LogP contribution >= 0.6 is 22.7 Å². The number of carbonyl (C=O) groups is 4. The van der Waals surface area contributed by atoms with Gasteiger partial charge in [0.15, 0.2) is 0 Å². The van der Waals surface area contributed by atoms with Crippen molar-refractivity contribution in [2.45, 2.75) is 83.1 Å². The Morgan fingerprint density at radius 2 is 1.43 bits per heavy atom. The van der Waals surface area contributed by atoms with Gasteiger partial charge in [0.2, 0.25) is 17.7 Å². The summed E-state index contributed by atoms with van der Waals surface area (Å²) in [6.45, 7) is 4.38. The monoisotopic (exact) mass is 766 g/mol. The van der Waals surface area contributed by atoms with Gasteiger partial charge in [-0.1, -0.05) is 12.8 Å². The Morgan fingerprint density at radius 3 is 2.15 bits per heavy atom. The molecule has 0 unspecified atom stereocenters. The number of nitrogens with two attached hydrogens (primary N) is 1. The zero-order valence-corrected chi connectivity index (χ0v) is 32.9. The molecule has 3 aromatic heterocycles. The van der Waals surface area contributed by atoms with Crippen LogP contribution in [0.3, 0.4) is 0 Å². The van der Waals surface area contributed by atoms with Crippen molar-refractivity contribution in [2.24, 2.45) is 11.8 Å². The molecule has 3 N–H and O–H groups in total. The zero-order chi connectivity index (χ0) is 37.7. The number of hydrogen-bond acceptors (Lipinski definition) is 12. The molecule has 16 heteroatoms. The van der Waals surface area contributed by atoms with Crippen molar-refractivity contribution in [3.63, 3.8) is 0 Å². The standard InChI is InChI=1S/C18H22N4O2S.C10H14N2O2S.C9H14N2O2/c1-20-7-6-13-11(8-20)15-16(25-13)18(24)22-12-5-3-4-10(12)17(23)21(2)9-14(22)19-15;1-12-4-3-7-6(5-12)8(11)9(15-7)10(13)14-2;1-11-5-8(12)10-7-4-2-3-6(7)9(11)13/h10,12H,3-9H2,1-2H3;3-5,11H2,1-2H3;6-7H,2-5H2,1H3,(H,10,12)/t10-,12-;;6-,7-/m1.1/s1. The fraction of sp³-hybridized carbons (Fsp3) is 0.622. The maximum Gasteiger partial charge on any atom is 0.350 e. The first-order valence-electron chi connectivity index (χ1n) is 18.6. The van der Waals surface area contributed by atoms with Gasteiger partial charge in [0.05, 0.1) is 49.3 Å². The predicted molar refractivity (Wildman–Crippen MR) is 204 cm³/mol. The first kappa shape index (κ1) is 37.5. The van der Waals surface area contributed by atoms with Gasteiger partial charge >= 0.3 is 5.97 Å². The number of ether oxygens (including phenoxy) is 1. The van der Waals surface area contributed by atoms with E-state index in [9.17, 15) is 24.0 Å². The number of esters is 1. The molecule has 14 nitrogen and oxygen atoms in total. The van der Waals surface area contributed by atoms with Crippen LogP contribution in [0.25, 0.3) is 10.2 Å². The van der Waals surface area contributed by atoms with Gasteiger partial charge in [-0.2, -0.15) is 0 Å². The molecule has 6 aliphatic rings. The number of rotatable bonds is 1. The lowest BCUT2D eigenvalue weighted by molar-refractivity contribution is -0.135. The molecule has 3 amide bonds. The summed E-state index contributed by atoms with van der Waals surface area (Å²) in [5.41, 5.74) is 9.82. The van der Waals surface area contributed by atoms with Crippen LogP contribution in [-0.2, 0) is 51.6 Å². The van der Waals surface area contributed by atoms with Crippen molar-refractivity contribution in [1.82, 2.24) is 34.5 Å². The van der Waals surface area contributed by atoms with E-state index < -0.39 is 0 Å². The Morgan fingerprint density at radius 1 is 0.811 bits per heavy atom. The molecule has 4 atom stereocenters. The number of amides is 3. The first-order valence-corrected chi connectivity index (χ1v) is 20.2. The van der Waals surface area contributed by atoms with Crippen LogP contribution in [0.5, 0.6) is 0 Å². The quantitative estimate of drug-likeness (QED) is 0.352. The number of nitrogens with zero attached hydrogens (tertiary/aromatic N) is 6. The van der Waals surface area contributed by atoms with Crippen LogP contribution in [0.4, 0.5) is 5.69 Å². The number of anilines is 1. The molecule has 53 heavy (non-hydrogen) atoms. The van der Waals surface area contributed by atoms with Gasteiger partial charge < -0.3 is 35.4 Å². The van der Waals surface area contributed by atoms with Crippen LogP contribution in [-0.4, -0.2) is 114 Å². The summed E-state index contributed by atoms with van der Waals surface area (Å²) >= 11 is 3.09. The Hall–Kier alpha value is -3.86. The summed E-state index contributed by atoms with van der Waals surface area (Å²) in [6, 6.07) is 0.0867. The highest BCUT2D eigenvalue weighted by Gasteiger charge is 2.41. The molecular formula is C37H50N8O6S2. The molecule has 2 saturated carbocycles. The van der Waals surface area contributed by atoms with Gasteiger partial charge in [0, 0.05) is 67.2 Å². The van der Waals surface area contributed by atoms with Gasteiger partial charge in [0.25, 0.3) is 5.56 Å². The molecule has 4 aliphatic heterocycles. The summed E-state index contributed by atoms with van der Waals surface area (Å²) in [6.07, 6.45) is 7.68. The summed E-state index contributed by atoms with van der Waals surface area (Å²) < 4.78 is 7.35. The number of carbonyl (C=O) groups excluding carboxylic acids is 4. The molecule has 3 aromatic rings. The van der Waals surface area contributed by atoms with Crippen LogP contribution < -0.4 is 16.6 Å². The van der Waals surface area contributed by atoms with E-state index in [1.165, 1.54) is 38.7 Å². The molecule has 0 spiro atoms. The fourth-order valence-corrected chi connectivity index (χ4v) is 11.1. The Balaban J connectivity index is 0.000000133. The molecule has 7 heterocycles. The lowest BCUT2D eigenvalue weighted by Crippen LogP contribution is -2.37. The number of thiophene rings is 2. The highest BCUT2D eigenvalue weighted by molar-refractivity contribution is 7.19. The molecule has 286 valence electrons. The van der Waals surface area contributed by atoms with Crippen LogP contribution in [0.2, 0.25) is 0 Å². The van der Waals surface area contributed by atoms with Crippen molar-refractivity contribution in [2.75, 3.05) is 60.7 Å². The number of nitrogen functional groups attached to an aromatic ring is 1. The van der Waals surface area contributed by atoms with Crippen LogP contribution in [0, 0.1) is 11.8 Å². The van der Waals surface area contributed by atoms with E-state index in [0.717, 1.165) is 99.2 Å². The smallest absolute Gasteiger partial charge is 0.350 e. The van der Waals surface area contributed by atoms with E-state index in [1.807, 2.05) is 11.6 Å². The summed E-state index contributed by atoms with van der Waals surface area (Å²) in [5, 5.41) is 2.90. The molecule has 2 aliphatic carbocycles. The van der Waals surface area contributed by atoms with Crippen molar-refractivity contribution in [3.8, 4) is 0 Å². The normalized spacial score (nSPS) is 25.4. The third kappa shape index (κ3) is 7.10. The molecule has 0 aromatic carbocycles. The topological polar surface area (TPSA) is 163 Å². The second-order valence-corrected chi connectivity index (χ2v) is 17.5. The van der Waals surface area contributed by atoms with Crippen molar-refractivity contribution in [3.05, 3.63) is 41.9 Å². The second kappa shape index (κ2) is 15.1. The number of likely N-dealkylation sites (N-methyl/N-ethyl adjacent to an activating group) is 3. The van der Waals surface area contributed by atoms with Gasteiger partial charge in [-0.05, 0) is 52.6 Å². The number of aromatic nitrogens is 2. The highest BCUT2D eigenvalue weighted by Crippen LogP contribution is 2.40. The third-order valence-corrected chi connectivity index (χ3v) is 14.2. The molecule has 1 saturated heterocycles. The van der Waals surface area contributed by atoms with E-state index in [1.54, 1.807) is 23.3 Å². The average Bonchev–Trinajstić information content (AvgIpc) is 3.92. The molecule has 3 fully saturated rings. The van der Waals surface area contributed by atoms with Crippen LogP contribution in [0.1, 0.15) is 80.9 Å². The minimum Gasteiger partial charge on any atom is -0.465 e. The van der Waals surface area contributed by atoms with Crippen molar-refractivity contribution in [1.29, 1.82) is 0 Å². The minimum atomic E-state index is -0.324. The molecule has 9 rings (SSSR count). The number of methoxy groups -OCH3 is 1. The maximum absolute atomic E-state index is 13.4. The largest absolute Gasteiger partial charge is 0.465 e. The van der Waals surface area contributed by atoms with Gasteiger partial charge in [0.1, 0.15) is 15.4 Å². The van der Waals surface area contributed by atoms with Gasteiger partial charge in [-0.3, -0.25) is 23.7 Å². The van der Waals surface area contributed by atoms with E-state index >= 15 is 0 Å². The highest BCUT2D eigenvalue weighted by atomic mass is 32.1. The maximum atomic E-state index is 13.4. The predicted octanol–water partition coefficient (Wildman–Crippen LogP) is 2.61. The Labute approximate surface area is 317 Å². The number of nitrogens with one attached hydrogen (secondary N) is 1. The average molecular weight is 767 g/mol. The Bertz CT molecular complexity index is 2010. The lowest BCUT2D eigenvalue weighted by Gasteiger charge is -2.22. The third-order valence-electron chi connectivity index (χ3n) is 11.6. The van der Waals surface area contributed by atoms with Crippen LogP contribution in [0.15, 0.2) is 4.79 Å². The summed E-state index contributed by atoms with van der Waals surface area (Å²) in [4.78, 5) is 76.3. The number of fused-ring (bicyclic) bond motifs is 8. The zero-order valence-electron chi connectivity index (χ0n) is 31.2. The van der Waals surface area contributed by atoms with E-state index in [4.69, 9.17) is 15.5 Å². The first-order chi connectivity index (χ1) is 25.4. The van der Waals surface area contributed by atoms with Gasteiger partial charge in [-0.25, -0.2) is 9.78 Å². The van der Waals surface area contributed by atoms with Gasteiger partial charge in [-0.15, -0.1) is 22.7 Å². The number of hydrogen-bond donors (Lipinski definition) is 2. The minimum absolute atomic E-state index is 0.0151. The van der Waals surface area contributed by atoms with E-state index in [0.29, 0.717) is 17.1 Å². The lowest BCUT2D eigenvalue weighted by atomic mass is 10.0. The SMILES string of the molecule is CN1CC(=O)N[C@@H]2CCC[C@H]2C1=O.CN1CCc2sc3c(=O)n4c(nc3c2C1)CN(C)C(=O)[C@@H]1CCC[C@H]14.COC(=O)c1sc2c(c1N)CN(C)CC2. The molecule has 0 bridgehead atoms. The second-order valence-electron chi connectivity index (χ2n) is 15.3.